The first-order valence-electron chi connectivity index (χ1n) is 4.06. The Bertz CT molecular complexity index is 447. The number of fused-ring (bicyclic) bond motifs is 1. The molecular weight excluding hydrogens is 230 g/mol. The molecule has 0 aromatic carbocycles. The molecule has 0 aliphatic heterocycles. The molecule has 2 N–H and O–H groups in total. The molecule has 2 aromatic heterocycles. The Hall–Kier alpha value is -0.870. The molecule has 2 aromatic rings. The van der Waals surface area contributed by atoms with Crippen LogP contribution in [-0.4, -0.2) is 9.38 Å². The Morgan fingerprint density at radius 1 is 1.62 bits per heavy atom. The fraction of sp³-hybridized carbons (Fsp3) is 0.222. The summed E-state index contributed by atoms with van der Waals surface area (Å²) in [4.78, 5) is 4.38. The van der Waals surface area contributed by atoms with Crippen LogP contribution in [0.1, 0.15) is 11.5 Å². The number of hydrogen-bond donors (Lipinski definition) is 1. The summed E-state index contributed by atoms with van der Waals surface area (Å²) in [6.45, 7) is 2.45. The van der Waals surface area contributed by atoms with E-state index in [2.05, 4.69) is 20.9 Å². The Labute approximate surface area is 84.7 Å². The van der Waals surface area contributed by atoms with Gasteiger partial charge in [0, 0.05) is 10.7 Å². The maximum atomic E-state index is 5.58. The summed E-state index contributed by atoms with van der Waals surface area (Å²) in [5, 5.41) is 0. The highest BCUT2D eigenvalue weighted by molar-refractivity contribution is 9.10. The van der Waals surface area contributed by atoms with Crippen LogP contribution in [-0.2, 0) is 6.54 Å². The van der Waals surface area contributed by atoms with Gasteiger partial charge in [-0.1, -0.05) is 0 Å². The van der Waals surface area contributed by atoms with Gasteiger partial charge in [0.15, 0.2) is 0 Å². The number of pyridine rings is 1. The number of rotatable bonds is 1. The van der Waals surface area contributed by atoms with Gasteiger partial charge in [0.05, 0.1) is 17.8 Å². The largest absolute Gasteiger partial charge is 0.324 e. The Morgan fingerprint density at radius 3 is 3.08 bits per heavy atom. The molecule has 0 saturated carbocycles. The van der Waals surface area contributed by atoms with Gasteiger partial charge >= 0.3 is 0 Å². The predicted molar refractivity (Wildman–Crippen MR) is 55.5 cm³/mol. The number of hydrogen-bond acceptors (Lipinski definition) is 2. The molecule has 68 valence electrons. The molecule has 0 aliphatic rings. The highest BCUT2D eigenvalue weighted by Crippen LogP contribution is 2.21. The third-order valence-corrected chi connectivity index (χ3v) is 2.68. The van der Waals surface area contributed by atoms with Crippen molar-refractivity contribution in [3.63, 3.8) is 0 Å². The van der Waals surface area contributed by atoms with Crippen LogP contribution in [0.4, 0.5) is 0 Å². The first-order chi connectivity index (χ1) is 6.24. The van der Waals surface area contributed by atoms with E-state index in [1.54, 1.807) is 0 Å². The van der Waals surface area contributed by atoms with Crippen molar-refractivity contribution in [2.24, 2.45) is 5.73 Å². The maximum Gasteiger partial charge on any atom is 0.127 e. The lowest BCUT2D eigenvalue weighted by Gasteiger charge is -1.98. The minimum Gasteiger partial charge on any atom is -0.324 e. The molecule has 0 fully saturated rings. The van der Waals surface area contributed by atoms with Crippen molar-refractivity contribution < 1.29 is 0 Å². The molecule has 3 nitrogen and oxygen atoms in total. The highest BCUT2D eigenvalue weighted by Gasteiger charge is 2.07. The van der Waals surface area contributed by atoms with E-state index < -0.39 is 0 Å². The van der Waals surface area contributed by atoms with Gasteiger partial charge in [0.25, 0.3) is 0 Å². The van der Waals surface area contributed by atoms with Gasteiger partial charge in [0.1, 0.15) is 5.82 Å². The molecule has 2 rings (SSSR count). The second-order valence-corrected chi connectivity index (χ2v) is 3.75. The number of nitrogens with two attached hydrogens (primary N) is 1. The van der Waals surface area contributed by atoms with Gasteiger partial charge in [-0.15, -0.1) is 0 Å². The molecular formula is C9H10BrN3. The molecule has 0 amide bonds. The SMILES string of the molecule is Cc1nc(CN)n2cccc(Br)c12. The molecule has 0 bridgehead atoms. The summed E-state index contributed by atoms with van der Waals surface area (Å²) < 4.78 is 3.07. The topological polar surface area (TPSA) is 43.3 Å². The molecule has 0 spiro atoms. The van der Waals surface area contributed by atoms with Crippen molar-refractivity contribution in [1.82, 2.24) is 9.38 Å². The van der Waals surface area contributed by atoms with Crippen LogP contribution < -0.4 is 5.73 Å². The summed E-state index contributed by atoms with van der Waals surface area (Å²) >= 11 is 3.49. The summed E-state index contributed by atoms with van der Waals surface area (Å²) in [5.41, 5.74) is 7.69. The normalized spacial score (nSPS) is 11.0. The second kappa shape index (κ2) is 3.12. The lowest BCUT2D eigenvalue weighted by Crippen LogP contribution is -2.02. The highest BCUT2D eigenvalue weighted by atomic mass is 79.9. The number of nitrogens with zero attached hydrogens (tertiary/aromatic N) is 2. The standard InChI is InChI=1S/C9H10BrN3/c1-6-9-7(10)3-2-4-13(9)8(5-11)12-6/h2-4H,5,11H2,1H3. The molecule has 2 heterocycles. The maximum absolute atomic E-state index is 5.58. The van der Waals surface area contributed by atoms with Crippen molar-refractivity contribution in [3.05, 3.63) is 34.3 Å². The van der Waals surface area contributed by atoms with Crippen molar-refractivity contribution in [3.8, 4) is 0 Å². The van der Waals surface area contributed by atoms with Crippen LogP contribution in [0.5, 0.6) is 0 Å². The third kappa shape index (κ3) is 1.26. The van der Waals surface area contributed by atoms with Crippen LogP contribution in [0, 0.1) is 6.92 Å². The van der Waals surface area contributed by atoms with E-state index in [9.17, 15) is 0 Å². The fourth-order valence-electron chi connectivity index (χ4n) is 1.49. The minimum atomic E-state index is 0.464. The van der Waals surface area contributed by atoms with E-state index in [4.69, 9.17) is 5.73 Å². The number of halogens is 1. The Balaban J connectivity index is 2.87. The summed E-state index contributed by atoms with van der Waals surface area (Å²) in [6, 6.07) is 3.97. The Morgan fingerprint density at radius 2 is 2.38 bits per heavy atom. The van der Waals surface area contributed by atoms with Crippen LogP contribution >= 0.6 is 15.9 Å². The smallest absolute Gasteiger partial charge is 0.127 e. The first-order valence-corrected chi connectivity index (χ1v) is 4.85. The Kier molecular flexibility index (Phi) is 2.09. The summed E-state index contributed by atoms with van der Waals surface area (Å²) in [5.74, 6) is 0.897. The molecule has 0 unspecified atom stereocenters. The van der Waals surface area contributed by atoms with E-state index in [0.717, 1.165) is 21.5 Å². The van der Waals surface area contributed by atoms with E-state index in [1.165, 1.54) is 0 Å². The van der Waals surface area contributed by atoms with E-state index in [1.807, 2.05) is 29.7 Å². The third-order valence-electron chi connectivity index (χ3n) is 2.04. The molecule has 0 aliphatic carbocycles. The van der Waals surface area contributed by atoms with Gasteiger partial charge < -0.3 is 10.1 Å². The average molecular weight is 240 g/mol. The molecule has 0 saturated heterocycles. The molecule has 0 radical (unpaired) electrons. The molecule has 13 heavy (non-hydrogen) atoms. The van der Waals surface area contributed by atoms with Gasteiger partial charge in [-0.3, -0.25) is 0 Å². The first kappa shape index (κ1) is 8.72. The zero-order valence-corrected chi connectivity index (χ0v) is 8.87. The van der Waals surface area contributed by atoms with Crippen molar-refractivity contribution in [2.45, 2.75) is 13.5 Å². The van der Waals surface area contributed by atoms with Gasteiger partial charge in [-0.25, -0.2) is 4.98 Å². The predicted octanol–water partition coefficient (Wildman–Crippen LogP) is 1.86. The average Bonchev–Trinajstić information content (AvgIpc) is 2.44. The van der Waals surface area contributed by atoms with Gasteiger partial charge in [-0.05, 0) is 35.0 Å². The lowest BCUT2D eigenvalue weighted by atomic mass is 10.3. The minimum absolute atomic E-state index is 0.464. The van der Waals surface area contributed by atoms with Crippen molar-refractivity contribution >= 4 is 21.4 Å². The van der Waals surface area contributed by atoms with E-state index in [0.29, 0.717) is 6.54 Å². The molecule has 0 atom stereocenters. The monoisotopic (exact) mass is 239 g/mol. The van der Waals surface area contributed by atoms with E-state index >= 15 is 0 Å². The summed E-state index contributed by atoms with van der Waals surface area (Å²) in [6.07, 6.45) is 1.97. The molecule has 4 heteroatoms. The van der Waals surface area contributed by atoms with Crippen molar-refractivity contribution in [1.29, 1.82) is 0 Å². The fourth-order valence-corrected chi connectivity index (χ4v) is 2.12. The van der Waals surface area contributed by atoms with Crippen LogP contribution in [0.15, 0.2) is 22.8 Å². The van der Waals surface area contributed by atoms with Crippen molar-refractivity contribution in [2.75, 3.05) is 0 Å². The number of aryl methyl sites for hydroxylation is 1. The lowest BCUT2D eigenvalue weighted by molar-refractivity contribution is 0.899. The number of imidazole rings is 1. The zero-order chi connectivity index (χ0) is 9.42. The quantitative estimate of drug-likeness (QED) is 0.826. The zero-order valence-electron chi connectivity index (χ0n) is 7.29. The number of aromatic nitrogens is 2. The van der Waals surface area contributed by atoms with Gasteiger partial charge in [-0.2, -0.15) is 0 Å². The van der Waals surface area contributed by atoms with Crippen LogP contribution in [0.2, 0.25) is 0 Å². The second-order valence-electron chi connectivity index (χ2n) is 2.89. The van der Waals surface area contributed by atoms with Crippen LogP contribution in [0.25, 0.3) is 5.52 Å². The van der Waals surface area contributed by atoms with Gasteiger partial charge in [0.2, 0.25) is 0 Å². The van der Waals surface area contributed by atoms with Crippen LogP contribution in [0.3, 0.4) is 0 Å². The summed E-state index contributed by atoms with van der Waals surface area (Å²) in [7, 11) is 0. The van der Waals surface area contributed by atoms with E-state index in [-0.39, 0.29) is 0 Å².